The molecule has 3 aromatic carbocycles. The number of carbonyl (C=O) groups is 3. The maximum Gasteiger partial charge on any atom is 0.416 e. The average Bonchev–Trinajstić information content (AvgIpc) is 3.83. The lowest BCUT2D eigenvalue weighted by Crippen LogP contribution is -2.23. The van der Waals surface area contributed by atoms with Crippen molar-refractivity contribution in [2.45, 2.75) is 29.8 Å². The maximum atomic E-state index is 12.8. The van der Waals surface area contributed by atoms with Crippen LogP contribution >= 0.6 is 30.8 Å². The highest BCUT2D eigenvalue weighted by Crippen LogP contribution is 2.42. The molecule has 24 heteroatoms. The van der Waals surface area contributed by atoms with Crippen LogP contribution in [0.4, 0.5) is 18.9 Å². The van der Waals surface area contributed by atoms with Crippen LogP contribution in [0.1, 0.15) is 56.4 Å². The van der Waals surface area contributed by atoms with Crippen LogP contribution < -0.4 is 10.1 Å². The first-order chi connectivity index (χ1) is 25.9. The molecule has 0 spiro atoms. The summed E-state index contributed by atoms with van der Waals surface area (Å²) < 4.78 is 87.4. The summed E-state index contributed by atoms with van der Waals surface area (Å²) in [5.41, 5.74) is -1.96. The van der Waals surface area contributed by atoms with E-state index in [1.165, 1.54) is 24.4 Å². The molecule has 56 heavy (non-hydrogen) atoms. The van der Waals surface area contributed by atoms with E-state index in [1.54, 1.807) is 12.1 Å². The van der Waals surface area contributed by atoms with E-state index < -0.39 is 69.5 Å². The van der Waals surface area contributed by atoms with Crippen molar-refractivity contribution in [3.05, 3.63) is 109 Å². The normalized spacial score (nSPS) is 12.7. The van der Waals surface area contributed by atoms with Gasteiger partial charge in [0, 0.05) is 34.9 Å². The van der Waals surface area contributed by atoms with Crippen LogP contribution in [0.25, 0.3) is 0 Å². The summed E-state index contributed by atoms with van der Waals surface area (Å²) in [5.74, 6) is -1.80. The fraction of sp³-hybridized carbons (Fsp3) is 0.250. The number of halogens is 5. The van der Waals surface area contributed by atoms with E-state index in [1.807, 2.05) is 0 Å². The Morgan fingerprint density at radius 3 is 2.23 bits per heavy atom. The molecular weight excluding hydrogens is 841 g/mol. The fourth-order valence-corrected chi connectivity index (χ4v) is 6.15. The number of nitro benzene ring substituents is 1. The third-order valence-electron chi connectivity index (χ3n) is 7.03. The lowest BCUT2D eigenvalue weighted by molar-refractivity contribution is -0.385. The zero-order valence-electron chi connectivity index (χ0n) is 28.7. The molecule has 1 aromatic heterocycles. The first-order valence-electron chi connectivity index (χ1n) is 15.3. The summed E-state index contributed by atoms with van der Waals surface area (Å²) in [4.78, 5) is 60.0. The number of esters is 1. The number of alkyl halides is 3. The second kappa shape index (κ2) is 18.8. The minimum Gasteiger partial charge on any atom is -0.480 e. The number of sulfone groups is 1. The van der Waals surface area contributed by atoms with Crippen molar-refractivity contribution < 1.29 is 74.4 Å². The van der Waals surface area contributed by atoms with E-state index in [-0.39, 0.29) is 39.1 Å². The molecule has 0 unspecified atom stereocenters. The third-order valence-corrected chi connectivity index (χ3v) is 9.33. The molecule has 0 radical (unpaired) electrons. The number of methoxy groups -OCH3 is 1. The molecule has 0 bridgehead atoms. The van der Waals surface area contributed by atoms with Gasteiger partial charge in [0.2, 0.25) is 0 Å². The van der Waals surface area contributed by atoms with Crippen LogP contribution in [0.3, 0.4) is 0 Å². The monoisotopic (exact) mass is 869 g/mol. The molecule has 4 N–H and O–H groups in total. The molecule has 0 amide bonds. The minimum atomic E-state index is -4.71. The molecule has 1 heterocycles. The van der Waals surface area contributed by atoms with Gasteiger partial charge in [0.05, 0.1) is 52.1 Å². The highest BCUT2D eigenvalue weighted by atomic mass is 35.5. The van der Waals surface area contributed by atoms with E-state index in [9.17, 15) is 50.7 Å². The minimum absolute atomic E-state index is 0.0441. The summed E-state index contributed by atoms with van der Waals surface area (Å²) in [5, 5.41) is 25.2. The van der Waals surface area contributed by atoms with E-state index in [0.717, 1.165) is 38.3 Å². The number of carbonyl (C=O) groups excluding carboxylic acids is 2. The number of nitrogens with zero attached hydrogens (tertiary/aromatic N) is 2. The molecule has 5 rings (SSSR count). The van der Waals surface area contributed by atoms with Crippen LogP contribution in [-0.4, -0.2) is 77.3 Å². The predicted molar refractivity (Wildman–Crippen MR) is 190 cm³/mol. The highest BCUT2D eigenvalue weighted by Gasteiger charge is 2.36. The van der Waals surface area contributed by atoms with Gasteiger partial charge in [0.1, 0.15) is 17.1 Å². The van der Waals surface area contributed by atoms with Crippen molar-refractivity contribution in [1.82, 2.24) is 10.5 Å². The van der Waals surface area contributed by atoms with E-state index in [4.69, 9.17) is 47.4 Å². The SMILES string of the molecule is COC(=O)c1cc(Oc2ccc(Cl)cc2Cl)ccc1[N+](=O)[O-].CS(=O)(=O)c1cc(C(F)(F)F)ccc1C(=O)c1cnoc1C1CC1.O=C(O)CNCP(=O)(O)O. The molecule has 0 atom stereocenters. The Hall–Kier alpha value is -4.89. The Balaban J connectivity index is 0.000000244. The molecule has 1 fully saturated rings. The number of aliphatic carboxylic acids is 1. The zero-order valence-corrected chi connectivity index (χ0v) is 31.9. The summed E-state index contributed by atoms with van der Waals surface area (Å²) in [7, 11) is -7.00. The van der Waals surface area contributed by atoms with E-state index in [0.29, 0.717) is 28.7 Å². The standard InChI is InChI=1S/C15H12F3NO4S.C14H9Cl2NO5.C3H8NO5P/c1-24(21,22)12-6-9(15(16,17)18)4-5-10(12)13(20)11-7-19-23-14(11)8-2-3-8;1-21-14(18)10-7-9(3-4-12(10)17(19)20)22-13-5-2-8(15)6-11(13)16;5-3(6)1-4-2-10(7,8)9/h4-8H,2-3H2,1H3;2-7H,1H3;4H,1-2H2,(H,5,6)(H2,7,8,9). The van der Waals surface area contributed by atoms with Gasteiger partial charge in [-0.3, -0.25) is 29.6 Å². The van der Waals surface area contributed by atoms with Gasteiger partial charge in [-0.05, 0) is 55.3 Å². The van der Waals surface area contributed by atoms with Gasteiger partial charge in [-0.15, -0.1) is 0 Å². The summed E-state index contributed by atoms with van der Waals surface area (Å²) in [6, 6.07) is 10.4. The highest BCUT2D eigenvalue weighted by molar-refractivity contribution is 7.90. The average molecular weight is 871 g/mol. The van der Waals surface area contributed by atoms with Gasteiger partial charge < -0.3 is 28.9 Å². The van der Waals surface area contributed by atoms with Gasteiger partial charge in [-0.1, -0.05) is 28.4 Å². The number of nitrogens with one attached hydrogen (secondary N) is 1. The van der Waals surface area contributed by atoms with E-state index >= 15 is 0 Å². The second-order valence-corrected chi connectivity index (χ2v) is 15.9. The number of benzene rings is 3. The van der Waals surface area contributed by atoms with Crippen molar-refractivity contribution in [2.24, 2.45) is 0 Å². The topological polar surface area (TPSA) is 263 Å². The Morgan fingerprint density at radius 1 is 1.05 bits per heavy atom. The van der Waals surface area contributed by atoms with Gasteiger partial charge in [-0.25, -0.2) is 13.2 Å². The number of ketones is 1. The summed E-state index contributed by atoms with van der Waals surface area (Å²) in [6.07, 6.45) is -1.74. The van der Waals surface area contributed by atoms with Crippen LogP contribution in [0.2, 0.25) is 10.0 Å². The number of rotatable bonds is 12. The fourth-order valence-electron chi connectivity index (χ4n) is 4.40. The van der Waals surface area contributed by atoms with Crippen LogP contribution in [0, 0.1) is 10.1 Å². The molecule has 1 aliphatic rings. The van der Waals surface area contributed by atoms with Crippen LogP contribution in [0.5, 0.6) is 11.5 Å². The molecule has 4 aromatic rings. The molecule has 0 saturated heterocycles. The molecule has 1 aliphatic carbocycles. The van der Waals surface area contributed by atoms with Gasteiger partial charge >= 0.3 is 25.7 Å². The molecule has 1 saturated carbocycles. The van der Waals surface area contributed by atoms with Gasteiger partial charge in [-0.2, -0.15) is 13.2 Å². The molecule has 302 valence electrons. The van der Waals surface area contributed by atoms with Crippen molar-refractivity contribution in [2.75, 3.05) is 26.2 Å². The number of carboxylic acids is 1. The first-order valence-corrected chi connectivity index (χ1v) is 19.7. The largest absolute Gasteiger partial charge is 0.480 e. The van der Waals surface area contributed by atoms with Crippen LogP contribution in [-0.2, 0) is 30.1 Å². The number of carboxylic acid groups (broad SMARTS) is 1. The third kappa shape index (κ3) is 13.4. The Morgan fingerprint density at radius 2 is 1.71 bits per heavy atom. The first kappa shape index (κ1) is 45.5. The lowest BCUT2D eigenvalue weighted by Gasteiger charge is -2.11. The number of hydrogen-bond acceptors (Lipinski definition) is 13. The van der Waals surface area contributed by atoms with Gasteiger partial charge in [0.25, 0.3) is 5.69 Å². The number of nitro groups is 1. The predicted octanol–water partition coefficient (Wildman–Crippen LogP) is 6.48. The summed E-state index contributed by atoms with van der Waals surface area (Å²) >= 11 is 11.8. The molecular formula is C32H29Cl2F3N3O14PS. The second-order valence-electron chi connectivity index (χ2n) is 11.4. The molecule has 17 nitrogen and oxygen atoms in total. The smallest absolute Gasteiger partial charge is 0.416 e. The van der Waals surface area contributed by atoms with Crippen molar-refractivity contribution in [3.8, 4) is 11.5 Å². The summed E-state index contributed by atoms with van der Waals surface area (Å²) in [6.45, 7) is -0.439. The Kier molecular flexibility index (Phi) is 15.3. The Labute approximate surface area is 324 Å². The maximum absolute atomic E-state index is 12.8. The van der Waals surface area contributed by atoms with Crippen molar-refractivity contribution >= 4 is 64.0 Å². The van der Waals surface area contributed by atoms with Crippen molar-refractivity contribution in [3.63, 3.8) is 0 Å². The zero-order chi connectivity index (χ0) is 42.2. The van der Waals surface area contributed by atoms with E-state index in [2.05, 4.69) is 15.2 Å². The molecule has 0 aliphatic heterocycles. The number of ether oxygens (including phenoxy) is 2. The Bertz CT molecular complexity index is 2280. The van der Waals surface area contributed by atoms with Gasteiger partial charge in [0.15, 0.2) is 21.4 Å². The lowest BCUT2D eigenvalue weighted by atomic mass is 10.0. The van der Waals surface area contributed by atoms with Crippen LogP contribution in [0.15, 0.2) is 70.2 Å². The number of aromatic nitrogens is 1. The number of hydrogen-bond donors (Lipinski definition) is 4. The quantitative estimate of drug-likeness (QED) is 0.0390. The van der Waals surface area contributed by atoms with Crippen molar-refractivity contribution in [1.29, 1.82) is 0 Å².